The predicted octanol–water partition coefficient (Wildman–Crippen LogP) is 4.27. The molecule has 0 radical (unpaired) electrons. The topological polar surface area (TPSA) is 38.8 Å². The SMILES string of the molecule is COC(=O)N1c2ccccc2C=CC1C#CCCOCc1ccccc1. The number of carbonyl (C=O) groups is 1. The third-order valence-corrected chi connectivity index (χ3v) is 4.04. The normalized spacial score (nSPS) is 15.0. The quantitative estimate of drug-likeness (QED) is 0.612. The molecule has 0 saturated carbocycles. The molecule has 2 aromatic carbocycles. The van der Waals surface area contributed by atoms with E-state index in [0.717, 1.165) is 16.8 Å². The maximum Gasteiger partial charge on any atom is 0.415 e. The Kier molecular flexibility index (Phi) is 6.08. The lowest BCUT2D eigenvalue weighted by atomic mass is 10.0. The van der Waals surface area contributed by atoms with Gasteiger partial charge in [0.25, 0.3) is 0 Å². The van der Waals surface area contributed by atoms with Crippen LogP contribution in [0.15, 0.2) is 60.7 Å². The number of amides is 1. The number of ether oxygens (including phenoxy) is 2. The van der Waals surface area contributed by atoms with Crippen LogP contribution in [-0.2, 0) is 16.1 Å². The molecular formula is C22H21NO3. The van der Waals surface area contributed by atoms with Crippen molar-refractivity contribution in [1.82, 2.24) is 0 Å². The summed E-state index contributed by atoms with van der Waals surface area (Å²) >= 11 is 0. The third kappa shape index (κ3) is 4.33. The van der Waals surface area contributed by atoms with Crippen molar-refractivity contribution in [2.75, 3.05) is 18.6 Å². The van der Waals surface area contributed by atoms with Crippen LogP contribution in [0.5, 0.6) is 0 Å². The number of anilines is 1. The number of carbonyl (C=O) groups excluding carboxylic acids is 1. The van der Waals surface area contributed by atoms with Gasteiger partial charge in [-0.25, -0.2) is 4.79 Å². The zero-order valence-corrected chi connectivity index (χ0v) is 14.7. The molecule has 0 aromatic heterocycles. The number of benzene rings is 2. The molecule has 0 spiro atoms. The van der Waals surface area contributed by atoms with Crippen molar-refractivity contribution in [3.05, 3.63) is 71.8 Å². The lowest BCUT2D eigenvalue weighted by molar-refractivity contribution is 0.126. The summed E-state index contributed by atoms with van der Waals surface area (Å²) in [5.41, 5.74) is 2.92. The van der Waals surface area contributed by atoms with Gasteiger partial charge in [-0.1, -0.05) is 66.4 Å². The number of nitrogens with zero attached hydrogens (tertiary/aromatic N) is 1. The Balaban J connectivity index is 1.59. The monoisotopic (exact) mass is 347 g/mol. The van der Waals surface area contributed by atoms with Gasteiger partial charge in [-0.05, 0) is 23.3 Å². The second-order valence-electron chi connectivity index (χ2n) is 5.81. The van der Waals surface area contributed by atoms with E-state index < -0.39 is 6.09 Å². The largest absolute Gasteiger partial charge is 0.452 e. The van der Waals surface area contributed by atoms with Gasteiger partial charge in [0.2, 0.25) is 0 Å². The van der Waals surface area contributed by atoms with Crippen molar-refractivity contribution >= 4 is 17.9 Å². The molecule has 2 aromatic rings. The molecule has 3 rings (SSSR count). The van der Waals surface area contributed by atoms with Gasteiger partial charge in [0.05, 0.1) is 26.0 Å². The Bertz CT molecular complexity index is 833. The number of hydrogen-bond acceptors (Lipinski definition) is 3. The Hall–Kier alpha value is -3.03. The number of methoxy groups -OCH3 is 1. The maximum atomic E-state index is 12.2. The lowest BCUT2D eigenvalue weighted by Gasteiger charge is -2.29. The van der Waals surface area contributed by atoms with Gasteiger partial charge in [-0.3, -0.25) is 4.90 Å². The van der Waals surface area contributed by atoms with E-state index in [9.17, 15) is 4.79 Å². The van der Waals surface area contributed by atoms with E-state index in [-0.39, 0.29) is 6.04 Å². The van der Waals surface area contributed by atoms with E-state index in [0.29, 0.717) is 19.6 Å². The Morgan fingerprint density at radius 2 is 1.88 bits per heavy atom. The number of hydrogen-bond donors (Lipinski definition) is 0. The first-order valence-electron chi connectivity index (χ1n) is 8.54. The van der Waals surface area contributed by atoms with E-state index in [2.05, 4.69) is 11.8 Å². The summed E-state index contributed by atoms with van der Waals surface area (Å²) in [4.78, 5) is 13.8. The molecule has 4 heteroatoms. The molecule has 0 N–H and O–H groups in total. The van der Waals surface area contributed by atoms with Crippen LogP contribution in [0, 0.1) is 11.8 Å². The fourth-order valence-corrected chi connectivity index (χ4v) is 2.77. The van der Waals surface area contributed by atoms with Gasteiger partial charge in [0.1, 0.15) is 6.04 Å². The average molecular weight is 347 g/mol. The van der Waals surface area contributed by atoms with Gasteiger partial charge >= 0.3 is 6.09 Å². The molecule has 4 nitrogen and oxygen atoms in total. The Labute approximate surface area is 154 Å². The van der Waals surface area contributed by atoms with Crippen LogP contribution in [-0.4, -0.2) is 25.9 Å². The van der Waals surface area contributed by atoms with Crippen molar-refractivity contribution in [3.63, 3.8) is 0 Å². The molecular weight excluding hydrogens is 326 g/mol. The highest BCUT2D eigenvalue weighted by molar-refractivity contribution is 5.94. The molecule has 1 amide bonds. The molecule has 1 atom stereocenters. The molecule has 0 saturated heterocycles. The van der Waals surface area contributed by atoms with Crippen LogP contribution < -0.4 is 4.90 Å². The van der Waals surface area contributed by atoms with Gasteiger partial charge in [0.15, 0.2) is 0 Å². The van der Waals surface area contributed by atoms with Crippen LogP contribution in [0.2, 0.25) is 0 Å². The van der Waals surface area contributed by atoms with Gasteiger partial charge in [-0.15, -0.1) is 0 Å². The summed E-state index contributed by atoms with van der Waals surface area (Å²) in [6.45, 7) is 1.13. The minimum Gasteiger partial charge on any atom is -0.452 e. The van der Waals surface area contributed by atoms with Crippen molar-refractivity contribution in [2.24, 2.45) is 0 Å². The summed E-state index contributed by atoms with van der Waals surface area (Å²) in [5.74, 6) is 6.24. The first-order chi connectivity index (χ1) is 12.8. The van der Waals surface area contributed by atoms with E-state index >= 15 is 0 Å². The van der Waals surface area contributed by atoms with E-state index in [4.69, 9.17) is 9.47 Å². The van der Waals surface area contributed by atoms with Gasteiger partial charge < -0.3 is 9.47 Å². The molecule has 0 bridgehead atoms. The van der Waals surface area contributed by atoms with Gasteiger partial charge in [0, 0.05) is 6.42 Å². The Morgan fingerprint density at radius 1 is 1.12 bits per heavy atom. The summed E-state index contributed by atoms with van der Waals surface area (Å²) in [6, 6.07) is 17.4. The molecule has 1 aliphatic heterocycles. The minimum absolute atomic E-state index is 0.341. The molecule has 1 unspecified atom stereocenters. The maximum absolute atomic E-state index is 12.2. The predicted molar refractivity (Wildman–Crippen MR) is 103 cm³/mol. The highest BCUT2D eigenvalue weighted by Gasteiger charge is 2.27. The first-order valence-corrected chi connectivity index (χ1v) is 8.54. The third-order valence-electron chi connectivity index (χ3n) is 4.04. The van der Waals surface area contributed by atoms with Crippen molar-refractivity contribution in [1.29, 1.82) is 0 Å². The number of fused-ring (bicyclic) bond motifs is 1. The summed E-state index contributed by atoms with van der Waals surface area (Å²) in [6.07, 6.45) is 4.09. The standard InChI is InChI=1S/C22H21NO3/c1-25-22(24)23-20(15-14-19-11-5-6-13-21(19)23)12-7-8-16-26-17-18-9-3-2-4-10-18/h2-6,9-11,13-15,20H,8,16-17H2,1H3. The van der Waals surface area contributed by atoms with E-state index in [1.165, 1.54) is 7.11 Å². The molecule has 132 valence electrons. The molecule has 1 aliphatic rings. The van der Waals surface area contributed by atoms with Crippen LogP contribution in [0.3, 0.4) is 0 Å². The zero-order chi connectivity index (χ0) is 18.2. The Morgan fingerprint density at radius 3 is 2.69 bits per heavy atom. The van der Waals surface area contributed by atoms with E-state index in [1.807, 2.05) is 66.7 Å². The van der Waals surface area contributed by atoms with Crippen molar-refractivity contribution in [3.8, 4) is 11.8 Å². The molecule has 1 heterocycles. The second kappa shape index (κ2) is 8.89. The highest BCUT2D eigenvalue weighted by atomic mass is 16.5. The molecule has 0 aliphatic carbocycles. The minimum atomic E-state index is -0.415. The van der Waals surface area contributed by atoms with Gasteiger partial charge in [-0.2, -0.15) is 0 Å². The van der Waals surface area contributed by atoms with Crippen LogP contribution in [0.25, 0.3) is 6.08 Å². The van der Waals surface area contributed by atoms with Crippen molar-refractivity contribution < 1.29 is 14.3 Å². The molecule has 26 heavy (non-hydrogen) atoms. The molecule has 0 fully saturated rings. The van der Waals surface area contributed by atoms with Crippen LogP contribution in [0.4, 0.5) is 10.5 Å². The lowest BCUT2D eigenvalue weighted by Crippen LogP contribution is -2.40. The smallest absolute Gasteiger partial charge is 0.415 e. The van der Waals surface area contributed by atoms with Crippen molar-refractivity contribution in [2.45, 2.75) is 19.1 Å². The zero-order valence-electron chi connectivity index (χ0n) is 14.7. The van der Waals surface area contributed by atoms with E-state index in [1.54, 1.807) is 4.90 Å². The fraction of sp³-hybridized carbons (Fsp3) is 0.227. The number of rotatable bonds is 4. The summed E-state index contributed by atoms with van der Waals surface area (Å²) < 4.78 is 10.6. The highest BCUT2D eigenvalue weighted by Crippen LogP contribution is 2.29. The van der Waals surface area contributed by atoms with Crippen LogP contribution >= 0.6 is 0 Å². The summed E-state index contributed by atoms with van der Waals surface area (Å²) in [5, 5.41) is 0. The average Bonchev–Trinajstić information content (AvgIpc) is 2.70. The number of para-hydroxylation sites is 1. The second-order valence-corrected chi connectivity index (χ2v) is 5.81. The fourth-order valence-electron chi connectivity index (χ4n) is 2.77. The van der Waals surface area contributed by atoms with Crippen LogP contribution in [0.1, 0.15) is 17.5 Å². The summed E-state index contributed by atoms with van der Waals surface area (Å²) in [7, 11) is 1.38. The first kappa shape index (κ1) is 17.8.